The monoisotopic (exact) mass is 883 g/mol. The van der Waals surface area contributed by atoms with Crippen LogP contribution >= 0.6 is 0 Å². The highest BCUT2D eigenvalue weighted by molar-refractivity contribution is 7.81. The molecule has 332 valence electrons. The lowest BCUT2D eigenvalue weighted by atomic mass is 10.0. The molecule has 6 heterocycles. The molecule has 7 N–H and O–H groups in total. The molecule has 0 saturated carbocycles. The van der Waals surface area contributed by atoms with E-state index in [1.165, 1.54) is 9.80 Å². The van der Waals surface area contributed by atoms with Gasteiger partial charge in [0.25, 0.3) is 11.8 Å². The molecular formula is C30H49N11O16S2. The molecule has 0 aromatic rings. The number of ether oxygens (including phenoxy) is 1. The van der Waals surface area contributed by atoms with Crippen LogP contribution in [0.2, 0.25) is 0 Å². The van der Waals surface area contributed by atoms with Crippen LogP contribution in [0, 0.1) is 5.41 Å². The van der Waals surface area contributed by atoms with Crippen LogP contribution in [0.1, 0.15) is 66.2 Å². The number of fused-ring (bicyclic) bond motifs is 4. The number of aliphatic imine (C=N–C) groups is 1. The van der Waals surface area contributed by atoms with Crippen LogP contribution in [0.4, 0.5) is 14.4 Å². The zero-order valence-corrected chi connectivity index (χ0v) is 34.2. The minimum absolute atomic E-state index is 0.0673. The zero-order valence-electron chi connectivity index (χ0n) is 32.6. The van der Waals surface area contributed by atoms with Gasteiger partial charge in [-0.15, -0.1) is 8.57 Å². The maximum absolute atomic E-state index is 12.6. The van der Waals surface area contributed by atoms with E-state index in [1.807, 2.05) is 4.90 Å². The summed E-state index contributed by atoms with van der Waals surface area (Å²) in [4.78, 5) is 82.1. The molecule has 0 aromatic carbocycles. The number of nitrogens with one attached hydrogen (secondary N) is 3. The number of hydroxylamine groups is 6. The van der Waals surface area contributed by atoms with E-state index in [4.69, 9.17) is 34.7 Å². The largest absolute Gasteiger partial charge is 0.442 e. The molecule has 6 rings (SSSR count). The van der Waals surface area contributed by atoms with Crippen LogP contribution in [-0.2, 0) is 53.4 Å². The van der Waals surface area contributed by atoms with Crippen LogP contribution in [-0.4, -0.2) is 179 Å². The third-order valence-electron chi connectivity index (χ3n) is 9.99. The van der Waals surface area contributed by atoms with E-state index >= 15 is 0 Å². The van der Waals surface area contributed by atoms with Crippen molar-refractivity contribution in [1.82, 2.24) is 40.7 Å². The first-order valence-corrected chi connectivity index (χ1v) is 21.2. The van der Waals surface area contributed by atoms with Gasteiger partial charge in [-0.3, -0.25) is 33.8 Å². The Bertz CT molecular complexity index is 1920. The smallest absolute Gasteiger partial charge is 0.435 e. The number of hydrogen-bond donors (Lipinski definition) is 6. The number of urea groups is 2. The van der Waals surface area contributed by atoms with E-state index in [1.54, 1.807) is 32.6 Å². The van der Waals surface area contributed by atoms with Gasteiger partial charge in [0.05, 0.1) is 12.1 Å². The molecule has 4 bridgehead atoms. The number of carbonyl (C=O) groups excluding carboxylic acids is 5. The topological polar surface area (TPSA) is 346 Å². The molecule has 7 amide bonds. The summed E-state index contributed by atoms with van der Waals surface area (Å²) in [6.07, 6.45) is 1.01. The summed E-state index contributed by atoms with van der Waals surface area (Å²) in [6.45, 7) is 9.01. The fourth-order valence-electron chi connectivity index (χ4n) is 7.28. The molecule has 59 heavy (non-hydrogen) atoms. The summed E-state index contributed by atoms with van der Waals surface area (Å²) < 4.78 is 75.1. The highest BCUT2D eigenvalue weighted by Crippen LogP contribution is 2.32. The number of nitrogens with zero attached hydrogens (tertiary/aromatic N) is 7. The lowest BCUT2D eigenvalue weighted by Crippen LogP contribution is -2.50. The van der Waals surface area contributed by atoms with Crippen molar-refractivity contribution in [3.63, 3.8) is 0 Å². The second-order valence-corrected chi connectivity index (χ2v) is 17.4. The molecule has 6 saturated heterocycles. The summed E-state index contributed by atoms with van der Waals surface area (Å²) in [7, 11) is -9.69. The molecular weight excluding hydrogens is 835 g/mol. The van der Waals surface area contributed by atoms with Gasteiger partial charge in [0.1, 0.15) is 35.7 Å². The number of piperidine rings is 2. The molecule has 27 nitrogen and oxygen atoms in total. The lowest BCUT2D eigenvalue weighted by molar-refractivity contribution is -0.143. The number of likely N-dealkylation sites (tertiary alicyclic amines) is 2. The molecule has 29 heteroatoms. The Morgan fingerprint density at radius 3 is 1.56 bits per heavy atom. The van der Waals surface area contributed by atoms with Gasteiger partial charge in [0, 0.05) is 39.3 Å². The summed E-state index contributed by atoms with van der Waals surface area (Å²) in [5.74, 6) is -0.677. The normalized spacial score (nSPS) is 27.2. The summed E-state index contributed by atoms with van der Waals surface area (Å²) >= 11 is 0. The first-order chi connectivity index (χ1) is 27.4. The van der Waals surface area contributed by atoms with Gasteiger partial charge in [-0.25, -0.2) is 25.3 Å². The Labute approximate surface area is 339 Å². The Morgan fingerprint density at radius 2 is 1.17 bits per heavy atom. The molecule has 0 radical (unpaired) electrons. The third-order valence-corrected chi connectivity index (χ3v) is 10.7. The molecule has 0 aliphatic carbocycles. The average Bonchev–Trinajstić information content (AvgIpc) is 3.90. The highest BCUT2D eigenvalue weighted by Gasteiger charge is 2.51. The van der Waals surface area contributed by atoms with Crippen molar-refractivity contribution >= 4 is 62.6 Å². The van der Waals surface area contributed by atoms with Crippen molar-refractivity contribution in [3.05, 3.63) is 0 Å². The Hall–Kier alpha value is -4.65. The molecule has 6 atom stereocenters. The van der Waals surface area contributed by atoms with Crippen LogP contribution in [0.15, 0.2) is 4.99 Å². The second-order valence-electron chi connectivity index (χ2n) is 15.4. The van der Waals surface area contributed by atoms with Crippen molar-refractivity contribution in [1.29, 1.82) is 5.41 Å². The summed E-state index contributed by atoms with van der Waals surface area (Å²) in [5, 5.41) is 8.51. The van der Waals surface area contributed by atoms with Gasteiger partial charge < -0.3 is 30.1 Å². The highest BCUT2D eigenvalue weighted by atomic mass is 32.3. The number of hydrogen-bond acceptors (Lipinski definition) is 15. The van der Waals surface area contributed by atoms with E-state index < -0.39 is 80.5 Å². The minimum Gasteiger partial charge on any atom is -0.442 e. The predicted molar refractivity (Wildman–Crippen MR) is 196 cm³/mol. The molecule has 0 aromatic heterocycles. The Balaban J connectivity index is 0.000000230. The Morgan fingerprint density at radius 1 is 0.746 bits per heavy atom. The second kappa shape index (κ2) is 17.9. The lowest BCUT2D eigenvalue weighted by Gasteiger charge is -2.29. The summed E-state index contributed by atoms with van der Waals surface area (Å²) in [6, 6.07) is -4.48. The molecule has 6 aliphatic rings. The van der Waals surface area contributed by atoms with E-state index in [-0.39, 0.29) is 37.7 Å². The van der Waals surface area contributed by atoms with Gasteiger partial charge in [0.15, 0.2) is 5.96 Å². The van der Waals surface area contributed by atoms with Crippen molar-refractivity contribution in [2.75, 3.05) is 39.3 Å². The van der Waals surface area contributed by atoms with Crippen molar-refractivity contribution < 1.29 is 72.9 Å². The molecule has 6 aliphatic heterocycles. The number of carbonyl (C=O) groups is 5. The van der Waals surface area contributed by atoms with Crippen molar-refractivity contribution in [2.45, 2.75) is 108 Å². The van der Waals surface area contributed by atoms with Gasteiger partial charge in [-0.1, -0.05) is 0 Å². The SMILES string of the molecule is CC(=NC(=O)OC(C)(C)C)N1CC[C@H](ONC(=O)[C@@H]2CC[C@@H]3CN2C(=O)N3OS(=O)(=O)O)C1.N=C(N)N1CC[C@H](ONC(=O)[C@@H]2CC[C@@H]3CN2C(=O)N3OS(=O)(=O)O)C1. The fraction of sp³-hybridized carbons (Fsp3) is 0.767. The standard InChI is InChI=1S/C18H29N5O9S.C12H20N6O7S/c1-11(19-16(25)30-18(2,3)4)21-8-7-13(10-21)31-20-15(24)14-6-5-12-9-22(14)17(26)23(12)32-33(27,28)29;13-11(14)16-4-3-8(6-16)24-15-10(19)9-2-1-7-5-17(9)12(20)18(7)25-26(21,22)23/h12-14H,5-10H2,1-4H3,(H,20,24)(H,27,28,29);7-9H,1-6H2,(H3,13,14)(H,15,19)(H,21,22,23)/t12-,13+,14+;7-,8+,9+/m11/s1. The molecule has 0 unspecified atom stereocenters. The molecule has 6 fully saturated rings. The number of amides is 7. The predicted octanol–water partition coefficient (Wildman–Crippen LogP) is -1.53. The number of rotatable bonds is 10. The maximum atomic E-state index is 12.6. The van der Waals surface area contributed by atoms with Crippen LogP contribution in [0.5, 0.6) is 0 Å². The fourth-order valence-corrected chi connectivity index (χ4v) is 8.05. The van der Waals surface area contributed by atoms with E-state index in [9.17, 15) is 40.8 Å². The van der Waals surface area contributed by atoms with Crippen molar-refractivity contribution in [3.8, 4) is 0 Å². The Kier molecular flexibility index (Phi) is 13.8. The molecule has 0 spiro atoms. The van der Waals surface area contributed by atoms with Crippen LogP contribution in [0.25, 0.3) is 0 Å². The van der Waals surface area contributed by atoms with Crippen LogP contribution < -0.4 is 16.7 Å². The van der Waals surface area contributed by atoms with Crippen molar-refractivity contribution in [2.24, 2.45) is 10.7 Å². The van der Waals surface area contributed by atoms with Gasteiger partial charge in [0.2, 0.25) is 0 Å². The number of nitrogens with two attached hydrogens (primary N) is 1. The van der Waals surface area contributed by atoms with E-state index in [0.717, 1.165) is 0 Å². The third kappa shape index (κ3) is 12.0. The first kappa shape index (κ1) is 45.4. The summed E-state index contributed by atoms with van der Waals surface area (Å²) in [5.41, 5.74) is 9.44. The zero-order chi connectivity index (χ0) is 43.6. The van der Waals surface area contributed by atoms with Gasteiger partial charge in [-0.2, -0.15) is 32.0 Å². The maximum Gasteiger partial charge on any atom is 0.435 e. The average molecular weight is 884 g/mol. The quantitative estimate of drug-likeness (QED) is 0.0627. The van der Waals surface area contributed by atoms with E-state index in [0.29, 0.717) is 74.2 Å². The van der Waals surface area contributed by atoms with E-state index in [2.05, 4.69) is 24.5 Å². The van der Waals surface area contributed by atoms with Gasteiger partial charge >= 0.3 is 39.0 Å². The number of guanidine groups is 1. The number of amidine groups is 1. The first-order valence-electron chi connectivity index (χ1n) is 18.5. The van der Waals surface area contributed by atoms with Crippen LogP contribution in [0.3, 0.4) is 0 Å². The van der Waals surface area contributed by atoms with Gasteiger partial charge in [-0.05, 0) is 66.2 Å². The minimum atomic E-state index is -4.86.